The molecule has 0 fully saturated rings. The van der Waals surface area contributed by atoms with Crippen LogP contribution in [0.1, 0.15) is 39.2 Å². The molecule has 1 N–H and O–H groups in total. The second kappa shape index (κ2) is 8.23. The highest BCUT2D eigenvalue weighted by atomic mass is 35.5. The van der Waals surface area contributed by atoms with Crippen molar-refractivity contribution in [2.45, 2.75) is 51.7 Å². The molecule has 1 aromatic rings. The van der Waals surface area contributed by atoms with E-state index in [1.54, 1.807) is 6.07 Å². The van der Waals surface area contributed by atoms with E-state index in [2.05, 4.69) is 19.2 Å². The molecule has 0 aromatic heterocycles. The van der Waals surface area contributed by atoms with Crippen LogP contribution in [0, 0.1) is 0 Å². The largest absolute Gasteiger partial charge is 0.374 e. The number of ether oxygens (including phenoxy) is 1. The van der Waals surface area contributed by atoms with Crippen molar-refractivity contribution in [2.24, 2.45) is 0 Å². The molecule has 0 spiro atoms. The van der Waals surface area contributed by atoms with Gasteiger partial charge in [-0.3, -0.25) is 0 Å². The van der Waals surface area contributed by atoms with Crippen molar-refractivity contribution < 1.29 is 4.74 Å². The van der Waals surface area contributed by atoms with Gasteiger partial charge >= 0.3 is 0 Å². The zero-order valence-electron chi connectivity index (χ0n) is 12.8. The van der Waals surface area contributed by atoms with Crippen molar-refractivity contribution in [1.29, 1.82) is 0 Å². The number of nitrogens with one attached hydrogen (secondary N) is 1. The Morgan fingerprint density at radius 3 is 2.30 bits per heavy atom. The zero-order valence-corrected chi connectivity index (χ0v) is 14.3. The average Bonchev–Trinajstić information content (AvgIpc) is 2.44. The summed E-state index contributed by atoms with van der Waals surface area (Å²) in [5, 5.41) is 4.79. The van der Waals surface area contributed by atoms with Crippen LogP contribution < -0.4 is 5.32 Å². The molecule has 4 heteroatoms. The Balaban J connectivity index is 2.99. The van der Waals surface area contributed by atoms with Gasteiger partial charge in [-0.15, -0.1) is 0 Å². The second-order valence-corrected chi connectivity index (χ2v) is 5.83. The van der Waals surface area contributed by atoms with Crippen LogP contribution in [0.5, 0.6) is 0 Å². The summed E-state index contributed by atoms with van der Waals surface area (Å²) in [4.78, 5) is 0. The molecule has 1 rings (SSSR count). The smallest absolute Gasteiger partial charge is 0.0832 e. The first-order valence-electron chi connectivity index (χ1n) is 7.28. The first-order chi connectivity index (χ1) is 9.52. The third kappa shape index (κ3) is 4.11. The molecule has 1 unspecified atom stereocenters. The van der Waals surface area contributed by atoms with Gasteiger partial charge in [-0.2, -0.15) is 0 Å². The minimum Gasteiger partial charge on any atom is -0.374 e. The molecule has 0 heterocycles. The average molecular weight is 318 g/mol. The lowest BCUT2D eigenvalue weighted by molar-refractivity contribution is -0.0703. The Bertz CT molecular complexity index is 419. The fraction of sp³-hybridized carbons (Fsp3) is 0.625. The van der Waals surface area contributed by atoms with E-state index < -0.39 is 0 Å². The van der Waals surface area contributed by atoms with Gasteiger partial charge in [0.2, 0.25) is 0 Å². The fourth-order valence-electron chi connectivity index (χ4n) is 2.79. The van der Waals surface area contributed by atoms with Gasteiger partial charge in [-0.25, -0.2) is 0 Å². The molecule has 20 heavy (non-hydrogen) atoms. The van der Waals surface area contributed by atoms with Gasteiger partial charge in [0.25, 0.3) is 0 Å². The molecule has 2 nitrogen and oxygen atoms in total. The summed E-state index contributed by atoms with van der Waals surface area (Å²) in [6.07, 6.45) is 2.76. The van der Waals surface area contributed by atoms with Gasteiger partial charge in [0, 0.05) is 22.7 Å². The van der Waals surface area contributed by atoms with E-state index in [1.165, 1.54) is 0 Å². The fourth-order valence-corrected chi connectivity index (χ4v) is 3.28. The summed E-state index contributed by atoms with van der Waals surface area (Å²) in [7, 11) is 1.98. The Morgan fingerprint density at radius 1 is 1.20 bits per heavy atom. The maximum Gasteiger partial charge on any atom is 0.0832 e. The number of hydrogen-bond donors (Lipinski definition) is 1. The quantitative estimate of drug-likeness (QED) is 0.749. The first-order valence-corrected chi connectivity index (χ1v) is 8.03. The lowest BCUT2D eigenvalue weighted by atomic mass is 9.84. The van der Waals surface area contributed by atoms with Crippen LogP contribution in [0.15, 0.2) is 18.2 Å². The molecule has 0 saturated carbocycles. The number of halogens is 2. The minimum atomic E-state index is -0.160. The summed E-state index contributed by atoms with van der Waals surface area (Å²) in [6, 6.07) is 5.90. The van der Waals surface area contributed by atoms with Crippen molar-refractivity contribution in [2.75, 3.05) is 13.7 Å². The molecular formula is C16H25Cl2NO. The van der Waals surface area contributed by atoms with E-state index in [0.717, 1.165) is 29.8 Å². The van der Waals surface area contributed by atoms with E-state index in [1.807, 2.05) is 26.1 Å². The highest BCUT2D eigenvalue weighted by molar-refractivity contribution is 6.35. The molecule has 0 saturated heterocycles. The highest BCUT2D eigenvalue weighted by Gasteiger charge is 2.35. The third-order valence-corrected chi connectivity index (χ3v) is 4.64. The predicted molar refractivity (Wildman–Crippen MR) is 88.0 cm³/mol. The molecule has 0 radical (unpaired) electrons. The second-order valence-electron chi connectivity index (χ2n) is 4.99. The maximum atomic E-state index is 6.29. The molecule has 114 valence electrons. The van der Waals surface area contributed by atoms with Gasteiger partial charge < -0.3 is 10.1 Å². The van der Waals surface area contributed by atoms with Crippen LogP contribution in [0.3, 0.4) is 0 Å². The van der Waals surface area contributed by atoms with Crippen LogP contribution >= 0.6 is 23.2 Å². The zero-order chi connectivity index (χ0) is 15.2. The molecule has 1 aromatic carbocycles. The van der Waals surface area contributed by atoms with Gasteiger partial charge in [0.05, 0.1) is 5.60 Å². The maximum absolute atomic E-state index is 6.29. The third-order valence-electron chi connectivity index (χ3n) is 4.05. The van der Waals surface area contributed by atoms with Crippen molar-refractivity contribution >= 4 is 23.2 Å². The van der Waals surface area contributed by atoms with Gasteiger partial charge in [-0.05, 0) is 50.9 Å². The van der Waals surface area contributed by atoms with Crippen molar-refractivity contribution in [3.05, 3.63) is 33.8 Å². The number of rotatable bonds is 8. The van der Waals surface area contributed by atoms with E-state index in [0.29, 0.717) is 11.6 Å². The van der Waals surface area contributed by atoms with E-state index >= 15 is 0 Å². The van der Waals surface area contributed by atoms with Crippen LogP contribution in [-0.4, -0.2) is 25.3 Å². The van der Waals surface area contributed by atoms with Gasteiger partial charge in [0.15, 0.2) is 0 Å². The SMILES string of the molecule is CCOC(CC)(CC)C(Cc1ccc(Cl)cc1Cl)NC. The van der Waals surface area contributed by atoms with E-state index in [4.69, 9.17) is 27.9 Å². The van der Waals surface area contributed by atoms with Crippen LogP contribution in [0.4, 0.5) is 0 Å². The minimum absolute atomic E-state index is 0.160. The van der Waals surface area contributed by atoms with Crippen LogP contribution in [0.2, 0.25) is 10.0 Å². The standard InChI is InChI=1S/C16H25Cl2NO/c1-5-16(6-2,20-7-3)15(19-4)10-12-8-9-13(17)11-14(12)18/h8-9,11,15,19H,5-7,10H2,1-4H3. The lowest BCUT2D eigenvalue weighted by Gasteiger charge is -2.39. The van der Waals surface area contributed by atoms with Crippen molar-refractivity contribution in [3.63, 3.8) is 0 Å². The summed E-state index contributed by atoms with van der Waals surface area (Å²) < 4.78 is 6.09. The molecule has 0 aliphatic rings. The lowest BCUT2D eigenvalue weighted by Crippen LogP contribution is -2.52. The first kappa shape index (κ1) is 17.8. The molecule has 0 bridgehead atoms. The van der Waals surface area contributed by atoms with Gasteiger partial charge in [0.1, 0.15) is 0 Å². The molecule has 0 aliphatic heterocycles. The Morgan fingerprint density at radius 2 is 1.85 bits per heavy atom. The monoisotopic (exact) mass is 317 g/mol. The Hall–Kier alpha value is -0.280. The molecule has 0 amide bonds. The highest BCUT2D eigenvalue weighted by Crippen LogP contribution is 2.30. The predicted octanol–water partition coefficient (Wildman–Crippen LogP) is 4.72. The number of hydrogen-bond acceptors (Lipinski definition) is 2. The van der Waals surface area contributed by atoms with Gasteiger partial charge in [-0.1, -0.05) is 43.1 Å². The summed E-state index contributed by atoms with van der Waals surface area (Å²) in [5.74, 6) is 0. The van der Waals surface area contributed by atoms with Crippen LogP contribution in [-0.2, 0) is 11.2 Å². The van der Waals surface area contributed by atoms with Crippen molar-refractivity contribution in [1.82, 2.24) is 5.32 Å². The normalized spacial score (nSPS) is 13.5. The van der Waals surface area contributed by atoms with Crippen LogP contribution in [0.25, 0.3) is 0 Å². The summed E-state index contributed by atoms with van der Waals surface area (Å²) in [5.41, 5.74) is 0.938. The molecule has 0 aliphatic carbocycles. The number of likely N-dealkylation sites (N-methyl/N-ethyl adjacent to an activating group) is 1. The summed E-state index contributed by atoms with van der Waals surface area (Å²) >= 11 is 12.2. The van der Waals surface area contributed by atoms with E-state index in [9.17, 15) is 0 Å². The number of benzene rings is 1. The Labute approximate surface area is 132 Å². The Kier molecular flexibility index (Phi) is 7.32. The van der Waals surface area contributed by atoms with E-state index in [-0.39, 0.29) is 11.6 Å². The molecule has 1 atom stereocenters. The summed E-state index contributed by atoms with van der Waals surface area (Å²) in [6.45, 7) is 7.11. The topological polar surface area (TPSA) is 21.3 Å². The van der Waals surface area contributed by atoms with Crippen molar-refractivity contribution in [3.8, 4) is 0 Å². The molecular weight excluding hydrogens is 293 g/mol.